The van der Waals surface area contributed by atoms with Gasteiger partial charge in [0.15, 0.2) is 0 Å². The molecule has 8 nitrogen and oxygen atoms in total. The van der Waals surface area contributed by atoms with E-state index in [1.807, 2.05) is 0 Å². The highest BCUT2D eigenvalue weighted by atomic mass is 35.5. The Balaban J connectivity index is 2.31. The first-order valence-corrected chi connectivity index (χ1v) is 6.93. The Morgan fingerprint density at radius 1 is 1.20 bits per heavy atom. The van der Waals surface area contributed by atoms with Crippen LogP contribution in [0.4, 0.5) is 5.69 Å². The summed E-state index contributed by atoms with van der Waals surface area (Å²) in [6.45, 7) is 0. The molecule has 0 aliphatic rings. The van der Waals surface area contributed by atoms with Gasteiger partial charge in [0.25, 0.3) is 10.0 Å². The monoisotopic (exact) mass is 314 g/mol. The van der Waals surface area contributed by atoms with E-state index < -0.39 is 16.0 Å². The molecule has 0 aliphatic carbocycles. The van der Waals surface area contributed by atoms with Gasteiger partial charge in [0, 0.05) is 6.20 Å². The molecule has 0 fully saturated rings. The molecule has 104 valence electrons. The summed E-state index contributed by atoms with van der Waals surface area (Å²) < 4.78 is 26.1. The van der Waals surface area contributed by atoms with Crippen LogP contribution in [0.3, 0.4) is 0 Å². The van der Waals surface area contributed by atoms with E-state index in [1.165, 1.54) is 6.20 Å². The lowest BCUT2D eigenvalue weighted by molar-refractivity contribution is 0.0696. The van der Waals surface area contributed by atoms with Crippen molar-refractivity contribution in [2.24, 2.45) is 0 Å². The van der Waals surface area contributed by atoms with Crippen LogP contribution < -0.4 is 4.72 Å². The van der Waals surface area contributed by atoms with Crippen molar-refractivity contribution in [2.45, 2.75) is 4.90 Å². The number of carboxylic acid groups (broad SMARTS) is 1. The van der Waals surface area contributed by atoms with Gasteiger partial charge >= 0.3 is 5.97 Å². The Kier molecular flexibility index (Phi) is 3.81. The fourth-order valence-corrected chi connectivity index (χ4v) is 2.29. The first-order valence-electron chi connectivity index (χ1n) is 5.07. The largest absolute Gasteiger partial charge is 0.478 e. The summed E-state index contributed by atoms with van der Waals surface area (Å²) in [5.41, 5.74) is -0.127. The van der Waals surface area contributed by atoms with Crippen LogP contribution in [0.15, 0.2) is 35.7 Å². The number of aromatic nitrogens is 3. The number of rotatable bonds is 4. The molecule has 0 amide bonds. The molecule has 0 unspecified atom stereocenters. The molecule has 0 atom stereocenters. The van der Waals surface area contributed by atoms with Crippen molar-refractivity contribution >= 4 is 33.3 Å². The summed E-state index contributed by atoms with van der Waals surface area (Å²) >= 11 is 5.46. The van der Waals surface area contributed by atoms with Gasteiger partial charge in [0.05, 0.1) is 29.8 Å². The lowest BCUT2D eigenvalue weighted by Crippen LogP contribution is -2.14. The molecule has 0 aliphatic heterocycles. The minimum absolute atomic E-state index is 0.0138. The normalized spacial score (nSPS) is 11.1. The van der Waals surface area contributed by atoms with E-state index in [1.54, 1.807) is 0 Å². The summed E-state index contributed by atoms with van der Waals surface area (Å²) in [5, 5.41) is 8.72. The van der Waals surface area contributed by atoms with Crippen LogP contribution in [0.2, 0.25) is 5.28 Å². The Morgan fingerprint density at radius 2 is 1.85 bits per heavy atom. The van der Waals surface area contributed by atoms with E-state index in [0.717, 1.165) is 24.7 Å². The third-order valence-corrected chi connectivity index (χ3v) is 3.68. The van der Waals surface area contributed by atoms with Crippen molar-refractivity contribution in [2.75, 3.05) is 4.72 Å². The first kappa shape index (κ1) is 14.2. The molecular weight excluding hydrogens is 308 g/mol. The number of aromatic carboxylic acids is 1. The molecule has 0 aromatic carbocycles. The standard InChI is InChI=1S/C10H7ClN4O4S/c11-10-13-4-8(5-14-10)20(18,19)15-7-1-6(9(16)17)2-12-3-7/h1-5,15H,(H,16,17). The van der Waals surface area contributed by atoms with Crippen LogP contribution in [-0.2, 0) is 10.0 Å². The number of halogens is 1. The van der Waals surface area contributed by atoms with Crippen molar-refractivity contribution in [3.63, 3.8) is 0 Å². The Morgan fingerprint density at radius 3 is 2.45 bits per heavy atom. The average molecular weight is 315 g/mol. The number of sulfonamides is 1. The zero-order chi connectivity index (χ0) is 14.8. The van der Waals surface area contributed by atoms with E-state index in [-0.39, 0.29) is 21.4 Å². The van der Waals surface area contributed by atoms with E-state index in [0.29, 0.717) is 0 Å². The van der Waals surface area contributed by atoms with E-state index in [4.69, 9.17) is 16.7 Å². The van der Waals surface area contributed by atoms with Gasteiger partial charge in [-0.3, -0.25) is 9.71 Å². The predicted molar refractivity (Wildman–Crippen MR) is 69.0 cm³/mol. The third kappa shape index (κ3) is 3.19. The van der Waals surface area contributed by atoms with Crippen LogP contribution in [0, 0.1) is 0 Å². The van der Waals surface area contributed by atoms with Gasteiger partial charge in [0.1, 0.15) is 4.90 Å². The molecule has 10 heteroatoms. The lowest BCUT2D eigenvalue weighted by Gasteiger charge is -2.07. The smallest absolute Gasteiger partial charge is 0.337 e. The molecule has 2 aromatic rings. The quantitative estimate of drug-likeness (QED) is 0.808. The van der Waals surface area contributed by atoms with Gasteiger partial charge in [0.2, 0.25) is 5.28 Å². The highest BCUT2D eigenvalue weighted by molar-refractivity contribution is 7.92. The van der Waals surface area contributed by atoms with Gasteiger partial charge in [-0.15, -0.1) is 0 Å². The Bertz CT molecular complexity index is 748. The van der Waals surface area contributed by atoms with Gasteiger partial charge in [-0.25, -0.2) is 23.2 Å². The number of hydrogen-bond donors (Lipinski definition) is 2. The van der Waals surface area contributed by atoms with Crippen molar-refractivity contribution in [3.8, 4) is 0 Å². The predicted octanol–water partition coefficient (Wildman–Crippen LogP) is 1.02. The van der Waals surface area contributed by atoms with E-state index in [2.05, 4.69) is 19.7 Å². The molecule has 2 rings (SSSR count). The van der Waals surface area contributed by atoms with Gasteiger partial charge in [-0.1, -0.05) is 0 Å². The number of anilines is 1. The maximum absolute atomic E-state index is 12.0. The number of nitrogens with one attached hydrogen (secondary N) is 1. The maximum Gasteiger partial charge on any atom is 0.337 e. The third-order valence-electron chi connectivity index (χ3n) is 2.14. The molecule has 20 heavy (non-hydrogen) atoms. The number of hydrogen-bond acceptors (Lipinski definition) is 6. The van der Waals surface area contributed by atoms with Gasteiger partial charge < -0.3 is 5.11 Å². The van der Waals surface area contributed by atoms with Crippen LogP contribution in [0.25, 0.3) is 0 Å². The Labute approximate surface area is 118 Å². The van der Waals surface area contributed by atoms with Crippen LogP contribution >= 0.6 is 11.6 Å². The van der Waals surface area contributed by atoms with Crippen molar-refractivity contribution in [1.82, 2.24) is 15.0 Å². The van der Waals surface area contributed by atoms with E-state index >= 15 is 0 Å². The molecule has 2 N–H and O–H groups in total. The SMILES string of the molecule is O=C(O)c1cncc(NS(=O)(=O)c2cnc(Cl)nc2)c1. The lowest BCUT2D eigenvalue weighted by atomic mass is 10.3. The highest BCUT2D eigenvalue weighted by Crippen LogP contribution is 2.15. The fourth-order valence-electron chi connectivity index (χ4n) is 1.27. The summed E-state index contributed by atoms with van der Waals surface area (Å²) in [4.78, 5) is 21.3. The number of carbonyl (C=O) groups is 1. The molecule has 2 aromatic heterocycles. The molecule has 0 spiro atoms. The van der Waals surface area contributed by atoms with Crippen LogP contribution in [0.5, 0.6) is 0 Å². The molecule has 0 saturated heterocycles. The summed E-state index contributed by atoms with van der Waals surface area (Å²) in [6, 6.07) is 1.14. The number of pyridine rings is 1. The molecule has 0 radical (unpaired) electrons. The second-order valence-corrected chi connectivity index (χ2v) is 5.58. The Hall–Kier alpha value is -2.26. The van der Waals surface area contributed by atoms with Crippen molar-refractivity contribution in [3.05, 3.63) is 41.7 Å². The van der Waals surface area contributed by atoms with Crippen molar-refractivity contribution in [1.29, 1.82) is 0 Å². The van der Waals surface area contributed by atoms with Gasteiger partial charge in [-0.2, -0.15) is 0 Å². The van der Waals surface area contributed by atoms with Gasteiger partial charge in [-0.05, 0) is 17.7 Å². The number of nitrogens with zero attached hydrogens (tertiary/aromatic N) is 3. The summed E-state index contributed by atoms with van der Waals surface area (Å²) in [7, 11) is -3.94. The minimum atomic E-state index is -3.94. The molecule has 2 heterocycles. The first-order chi connectivity index (χ1) is 9.38. The topological polar surface area (TPSA) is 122 Å². The number of carboxylic acids is 1. The van der Waals surface area contributed by atoms with E-state index in [9.17, 15) is 13.2 Å². The second kappa shape index (κ2) is 5.39. The second-order valence-electron chi connectivity index (χ2n) is 3.56. The molecule has 0 saturated carbocycles. The zero-order valence-electron chi connectivity index (χ0n) is 9.69. The highest BCUT2D eigenvalue weighted by Gasteiger charge is 2.16. The van der Waals surface area contributed by atoms with Crippen LogP contribution in [0.1, 0.15) is 10.4 Å². The molecule has 0 bridgehead atoms. The average Bonchev–Trinajstić information content (AvgIpc) is 2.39. The van der Waals surface area contributed by atoms with Crippen molar-refractivity contribution < 1.29 is 18.3 Å². The zero-order valence-corrected chi connectivity index (χ0v) is 11.3. The fraction of sp³-hybridized carbons (Fsp3) is 0. The minimum Gasteiger partial charge on any atom is -0.478 e. The summed E-state index contributed by atoms with van der Waals surface area (Å²) in [6.07, 6.45) is 4.35. The summed E-state index contributed by atoms with van der Waals surface area (Å²) in [5.74, 6) is -1.21. The molecular formula is C10H7ClN4O4S. The maximum atomic E-state index is 12.0. The van der Waals surface area contributed by atoms with Crippen LogP contribution in [-0.4, -0.2) is 34.4 Å².